The Kier molecular flexibility index (Phi) is 23.8. The number of aliphatic imine (C=N–C) groups is 1. The van der Waals surface area contributed by atoms with Gasteiger partial charge in [-0.25, -0.2) is 0 Å². The van der Waals surface area contributed by atoms with Gasteiger partial charge in [0.15, 0.2) is 0 Å². The molecule has 2 rings (SSSR count). The Morgan fingerprint density at radius 3 is 1.48 bits per heavy atom. The van der Waals surface area contributed by atoms with Crippen LogP contribution in [0.4, 0.5) is 11.4 Å². The van der Waals surface area contributed by atoms with E-state index < -0.39 is 0 Å². The summed E-state index contributed by atoms with van der Waals surface area (Å²) in [5.41, 5.74) is 10.6. The summed E-state index contributed by atoms with van der Waals surface area (Å²) in [7, 11) is 0. The molecule has 0 radical (unpaired) electrons. The van der Waals surface area contributed by atoms with Crippen LogP contribution in [0.25, 0.3) is 0 Å². The molecule has 271 valence electrons. The molecule has 48 heavy (non-hydrogen) atoms. The number of hydrogen-bond donors (Lipinski definition) is 0. The topological polar surface area (TPSA) is 15.4 Å². The van der Waals surface area contributed by atoms with E-state index in [0.717, 1.165) is 44.2 Å². The third kappa shape index (κ3) is 17.2. The van der Waals surface area contributed by atoms with Crippen LogP contribution in [-0.2, 0) is 45.1 Å². The average Bonchev–Trinajstić information content (AvgIpc) is 3.10. The second-order valence-electron chi connectivity index (χ2n) is 14.0. The van der Waals surface area contributed by atoms with Crippen LogP contribution in [0.3, 0.4) is 0 Å². The average molecular weight is 748 g/mol. The first-order chi connectivity index (χ1) is 23.5. The summed E-state index contributed by atoms with van der Waals surface area (Å²) < 4.78 is 2.33. The molecular formula is C45H72N2Pd+. The molecule has 0 N–H and O–H groups in total. The van der Waals surface area contributed by atoms with Crippen molar-refractivity contribution in [1.82, 2.24) is 0 Å². The molecule has 2 aromatic rings. The number of allylic oxidation sites excluding steroid dienone is 2. The Morgan fingerprint density at radius 2 is 0.979 bits per heavy atom. The van der Waals surface area contributed by atoms with E-state index in [-0.39, 0.29) is 0 Å². The molecule has 0 aliphatic heterocycles. The predicted octanol–water partition coefficient (Wildman–Crippen LogP) is 14.3. The Balaban J connectivity index is 2.74. The number of nitrogens with zero attached hydrogens (tertiary/aromatic N) is 2. The van der Waals surface area contributed by atoms with Gasteiger partial charge in [0, 0.05) is 0 Å². The molecule has 2 nitrogen and oxygen atoms in total. The predicted molar refractivity (Wildman–Crippen MR) is 211 cm³/mol. The van der Waals surface area contributed by atoms with Gasteiger partial charge in [0.05, 0.1) is 0 Å². The Labute approximate surface area is 309 Å². The van der Waals surface area contributed by atoms with Crippen molar-refractivity contribution in [2.75, 3.05) is 0 Å². The summed E-state index contributed by atoms with van der Waals surface area (Å²) in [5.74, 6) is 0. The zero-order valence-corrected chi connectivity index (χ0v) is 33.6. The van der Waals surface area contributed by atoms with E-state index in [2.05, 4.69) is 113 Å². The second kappa shape index (κ2) is 27.0. The standard InChI is InChI=1S/C45H72N2.Pd/c1-7-13-19-21-23-25-31-45(47-43-36-40(28-17-11-5)33-41(37-43)29-18-12-6)44(30-24-22-20-14-8-2)46-42-34-38(26-15-9-3)32-39(35-42)27-16-10-4;/h24,30,32-37H,7-23,25-29,31H2,1-6H3;/q;+1. The third-order valence-corrected chi connectivity index (χ3v) is 10.1. The fourth-order valence-electron chi connectivity index (χ4n) is 6.34. The molecule has 0 saturated heterocycles. The molecule has 0 spiro atoms. The van der Waals surface area contributed by atoms with E-state index in [1.165, 1.54) is 149 Å². The normalized spacial score (nSPS) is 12.7. The number of unbranched alkanes of at least 4 members (excludes halogenated alkanes) is 12. The SMILES string of the molecule is CCCCCC=CC(C(CCCCCCCC)=Nc1cc(CCCC)cc(CCCC)c1)=[N+]([Pd])c1cc(CCCC)cc(CCCC)c1. The van der Waals surface area contributed by atoms with Crippen molar-refractivity contribution in [3.05, 3.63) is 70.8 Å². The summed E-state index contributed by atoms with van der Waals surface area (Å²) in [4.78, 5) is 5.60. The van der Waals surface area contributed by atoms with Gasteiger partial charge in [0.25, 0.3) is 0 Å². The van der Waals surface area contributed by atoms with Gasteiger partial charge in [-0.2, -0.15) is 0 Å². The first kappa shape index (κ1) is 42.4. The monoisotopic (exact) mass is 746 g/mol. The fourth-order valence-corrected chi connectivity index (χ4v) is 6.85. The molecule has 0 heterocycles. The van der Waals surface area contributed by atoms with Gasteiger partial charge in [0.1, 0.15) is 0 Å². The zero-order valence-electron chi connectivity index (χ0n) is 32.1. The van der Waals surface area contributed by atoms with Crippen molar-refractivity contribution in [2.24, 2.45) is 4.99 Å². The van der Waals surface area contributed by atoms with Gasteiger partial charge in [-0.15, -0.1) is 0 Å². The molecular weight excluding hydrogens is 675 g/mol. The maximum atomic E-state index is 5.60. The number of rotatable bonds is 27. The van der Waals surface area contributed by atoms with E-state index in [9.17, 15) is 0 Å². The van der Waals surface area contributed by atoms with Crippen molar-refractivity contribution in [2.45, 2.75) is 189 Å². The Hall–Kier alpha value is -1.82. The van der Waals surface area contributed by atoms with Crippen LogP contribution in [0.15, 0.2) is 53.5 Å². The first-order valence-electron chi connectivity index (χ1n) is 20.3. The maximum absolute atomic E-state index is 5.60. The molecule has 0 fully saturated rings. The van der Waals surface area contributed by atoms with E-state index in [1.54, 1.807) is 0 Å². The summed E-state index contributed by atoms with van der Waals surface area (Å²) in [6.07, 6.45) is 32.8. The van der Waals surface area contributed by atoms with Gasteiger partial charge in [-0.1, -0.05) is 0 Å². The van der Waals surface area contributed by atoms with Crippen LogP contribution in [0, 0.1) is 0 Å². The van der Waals surface area contributed by atoms with Crippen LogP contribution in [0.5, 0.6) is 0 Å². The molecule has 3 heteroatoms. The molecule has 0 aromatic heterocycles. The number of benzene rings is 2. The van der Waals surface area contributed by atoms with Crippen LogP contribution in [0.1, 0.15) is 186 Å². The molecule has 0 bridgehead atoms. The minimum absolute atomic E-state index is 0.997. The summed E-state index contributed by atoms with van der Waals surface area (Å²) >= 11 is 3.79. The molecule has 0 saturated carbocycles. The third-order valence-electron chi connectivity index (χ3n) is 9.34. The van der Waals surface area contributed by atoms with Gasteiger partial charge in [-0.05, 0) is 0 Å². The molecule has 0 aliphatic carbocycles. The van der Waals surface area contributed by atoms with E-state index >= 15 is 0 Å². The molecule has 2 aromatic carbocycles. The Bertz CT molecular complexity index is 1190. The van der Waals surface area contributed by atoms with E-state index in [4.69, 9.17) is 4.99 Å². The zero-order chi connectivity index (χ0) is 34.8. The van der Waals surface area contributed by atoms with E-state index in [1.807, 2.05) is 0 Å². The van der Waals surface area contributed by atoms with Gasteiger partial charge < -0.3 is 0 Å². The number of hydrogen-bond acceptors (Lipinski definition) is 1. The molecule has 0 unspecified atom stereocenters. The summed E-state index contributed by atoms with van der Waals surface area (Å²) in [6, 6.07) is 14.5. The fraction of sp³-hybridized carbons (Fsp3) is 0.644. The van der Waals surface area contributed by atoms with Crippen LogP contribution in [-0.4, -0.2) is 14.6 Å². The van der Waals surface area contributed by atoms with Crippen molar-refractivity contribution < 1.29 is 22.7 Å². The van der Waals surface area contributed by atoms with Gasteiger partial charge in [-0.3, -0.25) is 0 Å². The quantitative estimate of drug-likeness (QED) is 0.0491. The van der Waals surface area contributed by atoms with Crippen LogP contribution in [0.2, 0.25) is 0 Å². The molecule has 0 atom stereocenters. The Morgan fingerprint density at radius 1 is 0.542 bits per heavy atom. The summed E-state index contributed by atoms with van der Waals surface area (Å²) in [6.45, 7) is 13.8. The second-order valence-corrected chi connectivity index (χ2v) is 14.7. The van der Waals surface area contributed by atoms with E-state index in [0.29, 0.717) is 0 Å². The van der Waals surface area contributed by atoms with Gasteiger partial charge in [0.2, 0.25) is 0 Å². The van der Waals surface area contributed by atoms with Crippen molar-refractivity contribution in [3.63, 3.8) is 0 Å². The van der Waals surface area contributed by atoms with Gasteiger partial charge >= 0.3 is 310 Å². The summed E-state index contributed by atoms with van der Waals surface area (Å²) in [5, 5.41) is 0. The van der Waals surface area contributed by atoms with Crippen molar-refractivity contribution >= 4 is 22.8 Å². The van der Waals surface area contributed by atoms with Crippen LogP contribution >= 0.6 is 0 Å². The molecule has 0 aliphatic rings. The molecule has 0 amide bonds. The van der Waals surface area contributed by atoms with Crippen molar-refractivity contribution in [1.29, 1.82) is 0 Å². The minimum atomic E-state index is 0.997. The van der Waals surface area contributed by atoms with Crippen molar-refractivity contribution in [3.8, 4) is 0 Å². The first-order valence-corrected chi connectivity index (χ1v) is 21.0. The van der Waals surface area contributed by atoms with Crippen LogP contribution < -0.4 is 0 Å². The number of aryl methyl sites for hydroxylation is 4.